The van der Waals surface area contributed by atoms with Gasteiger partial charge in [-0.05, 0) is 56.3 Å². The molecule has 0 aromatic heterocycles. The summed E-state index contributed by atoms with van der Waals surface area (Å²) in [5, 5.41) is 0. The zero-order valence-corrected chi connectivity index (χ0v) is 11.1. The summed E-state index contributed by atoms with van der Waals surface area (Å²) in [6, 6.07) is 0. The van der Waals surface area contributed by atoms with Gasteiger partial charge in [0.2, 0.25) is 0 Å². The van der Waals surface area contributed by atoms with Crippen molar-refractivity contribution in [3.63, 3.8) is 0 Å². The van der Waals surface area contributed by atoms with Gasteiger partial charge < -0.3 is 4.74 Å². The highest BCUT2D eigenvalue weighted by Crippen LogP contribution is 2.55. The highest BCUT2D eigenvalue weighted by molar-refractivity contribution is 5.74. The van der Waals surface area contributed by atoms with Crippen molar-refractivity contribution >= 4 is 5.97 Å². The van der Waals surface area contributed by atoms with Crippen LogP contribution >= 0.6 is 0 Å². The number of fused-ring (bicyclic) bond motifs is 4. The third-order valence-corrected chi connectivity index (χ3v) is 6.04. The fourth-order valence-electron chi connectivity index (χ4n) is 4.95. The van der Waals surface area contributed by atoms with Crippen LogP contribution in [0.4, 0.5) is 0 Å². The Kier molecular flexibility index (Phi) is 2.22. The molecule has 4 bridgehead atoms. The van der Waals surface area contributed by atoms with Crippen molar-refractivity contribution in [2.45, 2.75) is 51.6 Å². The van der Waals surface area contributed by atoms with E-state index in [9.17, 15) is 4.79 Å². The standard InChI is InChI=1S/C16H22O2/c1-16-5-4-11(9-16)8-14(16)18-15(17)13-7-10-2-3-12(13)6-10/h2-3,10-14H,4-9H2,1H3. The minimum absolute atomic E-state index is 0.102. The highest BCUT2D eigenvalue weighted by atomic mass is 16.5. The summed E-state index contributed by atoms with van der Waals surface area (Å²) < 4.78 is 5.91. The number of carbonyl (C=O) groups excluding carboxylic acids is 1. The van der Waals surface area contributed by atoms with E-state index in [1.54, 1.807) is 0 Å². The van der Waals surface area contributed by atoms with E-state index >= 15 is 0 Å². The number of hydrogen-bond donors (Lipinski definition) is 0. The lowest BCUT2D eigenvalue weighted by Gasteiger charge is -2.32. The Morgan fingerprint density at radius 2 is 2.17 bits per heavy atom. The lowest BCUT2D eigenvalue weighted by Crippen LogP contribution is -2.35. The van der Waals surface area contributed by atoms with Crippen LogP contribution in [0.1, 0.15) is 45.4 Å². The van der Waals surface area contributed by atoms with Gasteiger partial charge in [-0.3, -0.25) is 4.79 Å². The lowest BCUT2D eigenvalue weighted by molar-refractivity contribution is -0.161. The molecule has 98 valence electrons. The average molecular weight is 246 g/mol. The van der Waals surface area contributed by atoms with Gasteiger partial charge in [0.15, 0.2) is 0 Å². The molecule has 0 aromatic rings. The maximum atomic E-state index is 12.4. The van der Waals surface area contributed by atoms with Crippen molar-refractivity contribution in [3.8, 4) is 0 Å². The van der Waals surface area contributed by atoms with E-state index in [0.717, 1.165) is 18.8 Å². The number of carbonyl (C=O) groups is 1. The molecule has 0 amide bonds. The van der Waals surface area contributed by atoms with E-state index in [2.05, 4.69) is 19.1 Å². The Morgan fingerprint density at radius 1 is 1.28 bits per heavy atom. The Balaban J connectivity index is 1.43. The summed E-state index contributed by atoms with van der Waals surface area (Å²) in [6.07, 6.45) is 12.0. The molecule has 4 aliphatic rings. The Bertz CT molecular complexity index is 413. The van der Waals surface area contributed by atoms with E-state index < -0.39 is 0 Å². The van der Waals surface area contributed by atoms with Crippen LogP contribution in [0, 0.1) is 29.1 Å². The van der Waals surface area contributed by atoms with Crippen molar-refractivity contribution < 1.29 is 9.53 Å². The summed E-state index contributed by atoms with van der Waals surface area (Å²) in [6.45, 7) is 2.32. The van der Waals surface area contributed by atoms with E-state index in [0.29, 0.717) is 17.3 Å². The molecule has 0 heterocycles. The molecule has 6 unspecified atom stereocenters. The van der Waals surface area contributed by atoms with Crippen molar-refractivity contribution in [2.24, 2.45) is 29.1 Å². The van der Waals surface area contributed by atoms with Crippen molar-refractivity contribution in [3.05, 3.63) is 12.2 Å². The molecule has 18 heavy (non-hydrogen) atoms. The first-order valence-corrected chi connectivity index (χ1v) is 7.53. The summed E-state index contributed by atoms with van der Waals surface area (Å²) in [7, 11) is 0. The second-order valence-electron chi connectivity index (χ2n) is 7.31. The molecule has 0 aliphatic heterocycles. The van der Waals surface area contributed by atoms with Crippen molar-refractivity contribution in [1.29, 1.82) is 0 Å². The fraction of sp³-hybridized carbons (Fsp3) is 0.812. The van der Waals surface area contributed by atoms with Crippen LogP contribution < -0.4 is 0 Å². The van der Waals surface area contributed by atoms with Gasteiger partial charge in [-0.1, -0.05) is 19.1 Å². The summed E-state index contributed by atoms with van der Waals surface area (Å²) in [5.41, 5.74) is 0.299. The van der Waals surface area contributed by atoms with Gasteiger partial charge >= 0.3 is 5.97 Å². The second-order valence-corrected chi connectivity index (χ2v) is 7.31. The number of ether oxygens (including phenoxy) is 1. The first kappa shape index (κ1) is 11.1. The molecule has 6 atom stereocenters. The molecule has 0 spiro atoms. The van der Waals surface area contributed by atoms with Crippen LogP contribution in [0.5, 0.6) is 0 Å². The zero-order valence-electron chi connectivity index (χ0n) is 11.1. The number of hydrogen-bond acceptors (Lipinski definition) is 2. The smallest absolute Gasteiger partial charge is 0.309 e. The molecule has 0 aromatic carbocycles. The summed E-state index contributed by atoms with van der Waals surface area (Å²) in [5.74, 6) is 2.23. The van der Waals surface area contributed by atoms with Gasteiger partial charge in [0.25, 0.3) is 0 Å². The van der Waals surface area contributed by atoms with Gasteiger partial charge in [-0.2, -0.15) is 0 Å². The Labute approximate surface area is 109 Å². The monoisotopic (exact) mass is 246 g/mol. The first-order valence-electron chi connectivity index (χ1n) is 7.53. The van der Waals surface area contributed by atoms with Crippen LogP contribution in [-0.4, -0.2) is 12.1 Å². The lowest BCUT2D eigenvalue weighted by atomic mass is 9.83. The van der Waals surface area contributed by atoms with Crippen LogP contribution in [0.15, 0.2) is 12.2 Å². The van der Waals surface area contributed by atoms with Crippen LogP contribution in [0.25, 0.3) is 0 Å². The largest absolute Gasteiger partial charge is 0.462 e. The van der Waals surface area contributed by atoms with Crippen molar-refractivity contribution in [2.75, 3.05) is 0 Å². The van der Waals surface area contributed by atoms with Gasteiger partial charge in [-0.25, -0.2) is 0 Å². The molecule has 0 saturated heterocycles. The molecular formula is C16H22O2. The average Bonchev–Trinajstić information content (AvgIpc) is 3.06. The predicted octanol–water partition coefficient (Wildman–Crippen LogP) is 3.32. The molecule has 0 N–H and O–H groups in total. The third kappa shape index (κ3) is 1.50. The first-order chi connectivity index (χ1) is 8.64. The van der Waals surface area contributed by atoms with Gasteiger partial charge in [-0.15, -0.1) is 0 Å². The van der Waals surface area contributed by atoms with E-state index in [1.807, 2.05) is 0 Å². The van der Waals surface area contributed by atoms with Crippen LogP contribution in [0.3, 0.4) is 0 Å². The molecule has 3 fully saturated rings. The SMILES string of the molecule is CC12CCC(CC1OC(=O)C1CC3C=CC1C3)C2. The van der Waals surface area contributed by atoms with Gasteiger partial charge in [0, 0.05) is 5.41 Å². The summed E-state index contributed by atoms with van der Waals surface area (Å²) >= 11 is 0. The van der Waals surface area contributed by atoms with E-state index in [-0.39, 0.29) is 18.0 Å². The summed E-state index contributed by atoms with van der Waals surface area (Å²) in [4.78, 5) is 12.4. The Hall–Kier alpha value is -0.790. The minimum atomic E-state index is 0.102. The topological polar surface area (TPSA) is 26.3 Å². The van der Waals surface area contributed by atoms with Gasteiger partial charge in [0.05, 0.1) is 5.92 Å². The molecule has 4 aliphatic carbocycles. The normalized spacial score (nSPS) is 52.2. The van der Waals surface area contributed by atoms with E-state index in [4.69, 9.17) is 4.74 Å². The Morgan fingerprint density at radius 3 is 2.72 bits per heavy atom. The van der Waals surface area contributed by atoms with Crippen LogP contribution in [-0.2, 0) is 9.53 Å². The molecule has 3 saturated carbocycles. The minimum Gasteiger partial charge on any atom is -0.462 e. The molecule has 0 radical (unpaired) electrons. The quantitative estimate of drug-likeness (QED) is 0.552. The second kappa shape index (κ2) is 3.61. The molecular weight excluding hydrogens is 224 g/mol. The maximum Gasteiger partial charge on any atom is 0.309 e. The zero-order chi connectivity index (χ0) is 12.3. The van der Waals surface area contributed by atoms with E-state index in [1.165, 1.54) is 25.7 Å². The number of rotatable bonds is 2. The number of allylic oxidation sites excluding steroid dienone is 2. The third-order valence-electron chi connectivity index (χ3n) is 6.04. The van der Waals surface area contributed by atoms with Crippen LogP contribution in [0.2, 0.25) is 0 Å². The predicted molar refractivity (Wildman–Crippen MR) is 68.8 cm³/mol. The maximum absolute atomic E-state index is 12.4. The molecule has 2 heteroatoms. The number of esters is 1. The highest BCUT2D eigenvalue weighted by Gasteiger charge is 2.52. The molecule has 2 nitrogen and oxygen atoms in total. The van der Waals surface area contributed by atoms with Gasteiger partial charge in [0.1, 0.15) is 6.10 Å². The molecule has 4 rings (SSSR count). The fourth-order valence-corrected chi connectivity index (χ4v) is 4.95. The van der Waals surface area contributed by atoms with Crippen molar-refractivity contribution in [1.82, 2.24) is 0 Å².